The molecule has 0 radical (unpaired) electrons. The van der Waals surface area contributed by atoms with Crippen molar-refractivity contribution in [1.29, 1.82) is 0 Å². The molecule has 2 N–H and O–H groups in total. The van der Waals surface area contributed by atoms with Crippen LogP contribution < -0.4 is 5.32 Å². The maximum atomic E-state index is 5.96. The zero-order chi connectivity index (χ0) is 13.9. The number of nitrogens with zero attached hydrogens (tertiary/aromatic N) is 1. The smallest absolute Gasteiger partial charge is 0.108 e. The minimum atomic E-state index is 0.727. The molecule has 3 nitrogen and oxygen atoms in total. The highest BCUT2D eigenvalue weighted by molar-refractivity contribution is 6.31. The van der Waals surface area contributed by atoms with Crippen LogP contribution in [0, 0.1) is 6.92 Å². The first-order valence-corrected chi connectivity index (χ1v) is 7.03. The molecule has 3 aromatic rings. The molecule has 2 aromatic carbocycles. The fourth-order valence-corrected chi connectivity index (χ4v) is 2.32. The summed E-state index contributed by atoms with van der Waals surface area (Å²) in [6, 6.07) is 14.1. The molecule has 0 saturated heterocycles. The quantitative estimate of drug-likeness (QED) is 0.755. The lowest BCUT2D eigenvalue weighted by molar-refractivity contribution is 0.934. The summed E-state index contributed by atoms with van der Waals surface area (Å²) in [4.78, 5) is 7.84. The second-order valence-corrected chi connectivity index (χ2v) is 5.32. The highest BCUT2D eigenvalue weighted by atomic mass is 35.5. The number of benzene rings is 2. The Hall–Kier alpha value is -2.00. The van der Waals surface area contributed by atoms with Gasteiger partial charge in [0.2, 0.25) is 0 Å². The number of nitrogens with one attached hydrogen (secondary N) is 2. The molecule has 102 valence electrons. The van der Waals surface area contributed by atoms with Gasteiger partial charge < -0.3 is 10.3 Å². The summed E-state index contributed by atoms with van der Waals surface area (Å²) < 4.78 is 0. The average Bonchev–Trinajstić information content (AvgIpc) is 2.83. The van der Waals surface area contributed by atoms with E-state index in [1.165, 1.54) is 5.56 Å². The Morgan fingerprint density at radius 3 is 2.75 bits per heavy atom. The molecule has 1 aromatic heterocycles. The Labute approximate surface area is 123 Å². The highest BCUT2D eigenvalue weighted by Crippen LogP contribution is 2.17. The van der Waals surface area contributed by atoms with Gasteiger partial charge >= 0.3 is 0 Å². The molecule has 0 spiro atoms. The number of aryl methyl sites for hydroxylation is 1. The Balaban J connectivity index is 1.63. The maximum absolute atomic E-state index is 5.96. The average molecular weight is 286 g/mol. The van der Waals surface area contributed by atoms with Crippen molar-refractivity contribution in [2.24, 2.45) is 0 Å². The minimum absolute atomic E-state index is 0.727. The number of H-pyrrole nitrogens is 1. The Kier molecular flexibility index (Phi) is 3.61. The predicted molar refractivity (Wildman–Crippen MR) is 84.5 cm³/mol. The normalized spacial score (nSPS) is 10.9. The summed E-state index contributed by atoms with van der Waals surface area (Å²) in [5, 5.41) is 4.12. The van der Waals surface area contributed by atoms with Crippen molar-refractivity contribution in [2.75, 3.05) is 11.9 Å². The Morgan fingerprint density at radius 1 is 1.15 bits per heavy atom. The van der Waals surface area contributed by atoms with E-state index in [0.717, 1.165) is 40.5 Å². The molecule has 0 aliphatic heterocycles. The van der Waals surface area contributed by atoms with Gasteiger partial charge in [0.15, 0.2) is 0 Å². The molecule has 0 atom stereocenters. The van der Waals surface area contributed by atoms with Crippen LogP contribution in [0.2, 0.25) is 5.02 Å². The van der Waals surface area contributed by atoms with Crippen LogP contribution in [-0.2, 0) is 6.42 Å². The number of halogens is 1. The van der Waals surface area contributed by atoms with Crippen LogP contribution in [0.4, 0.5) is 5.69 Å². The van der Waals surface area contributed by atoms with Gasteiger partial charge in [-0.25, -0.2) is 4.98 Å². The standard InChI is InChI=1S/C16H16ClN3/c1-11-2-5-13(6-3-11)18-9-8-16-19-14-7-4-12(17)10-15(14)20-16/h2-7,10,18H,8-9H2,1H3,(H,19,20). The second-order valence-electron chi connectivity index (χ2n) is 4.89. The van der Waals surface area contributed by atoms with E-state index >= 15 is 0 Å². The van der Waals surface area contributed by atoms with Crippen LogP contribution in [0.15, 0.2) is 42.5 Å². The zero-order valence-electron chi connectivity index (χ0n) is 11.3. The largest absolute Gasteiger partial charge is 0.385 e. The molecule has 3 rings (SSSR count). The summed E-state index contributed by atoms with van der Waals surface area (Å²) in [5.74, 6) is 0.974. The lowest BCUT2D eigenvalue weighted by Crippen LogP contribution is -2.05. The van der Waals surface area contributed by atoms with Crippen molar-refractivity contribution < 1.29 is 0 Å². The minimum Gasteiger partial charge on any atom is -0.385 e. The molecule has 0 fully saturated rings. The molecule has 0 aliphatic rings. The number of aromatic amines is 1. The van der Waals surface area contributed by atoms with Crippen molar-refractivity contribution in [3.05, 3.63) is 58.9 Å². The lowest BCUT2D eigenvalue weighted by Gasteiger charge is -2.05. The Bertz CT molecular complexity index is 716. The zero-order valence-corrected chi connectivity index (χ0v) is 12.0. The summed E-state index contributed by atoms with van der Waals surface area (Å²) in [6.45, 7) is 2.93. The van der Waals surface area contributed by atoms with Crippen LogP contribution in [0.3, 0.4) is 0 Å². The van der Waals surface area contributed by atoms with Crippen LogP contribution >= 0.6 is 11.6 Å². The van der Waals surface area contributed by atoms with Gasteiger partial charge in [-0.05, 0) is 37.3 Å². The van der Waals surface area contributed by atoms with E-state index in [-0.39, 0.29) is 0 Å². The van der Waals surface area contributed by atoms with Gasteiger partial charge in [0, 0.05) is 23.7 Å². The van der Waals surface area contributed by atoms with Crippen molar-refractivity contribution in [1.82, 2.24) is 9.97 Å². The summed E-state index contributed by atoms with van der Waals surface area (Å²) >= 11 is 5.96. The van der Waals surface area contributed by atoms with E-state index in [9.17, 15) is 0 Å². The molecule has 4 heteroatoms. The van der Waals surface area contributed by atoms with Gasteiger partial charge in [-0.15, -0.1) is 0 Å². The van der Waals surface area contributed by atoms with E-state index < -0.39 is 0 Å². The van der Waals surface area contributed by atoms with Crippen molar-refractivity contribution in [3.63, 3.8) is 0 Å². The third-order valence-corrected chi connectivity index (χ3v) is 3.47. The Morgan fingerprint density at radius 2 is 1.95 bits per heavy atom. The van der Waals surface area contributed by atoms with Gasteiger partial charge in [-0.3, -0.25) is 0 Å². The molecule has 20 heavy (non-hydrogen) atoms. The third-order valence-electron chi connectivity index (χ3n) is 3.24. The van der Waals surface area contributed by atoms with Gasteiger partial charge in [0.1, 0.15) is 5.82 Å². The van der Waals surface area contributed by atoms with E-state index in [1.807, 2.05) is 18.2 Å². The SMILES string of the molecule is Cc1ccc(NCCc2nc3ccc(Cl)cc3[nH]2)cc1. The van der Waals surface area contributed by atoms with Crippen LogP contribution in [0.1, 0.15) is 11.4 Å². The van der Waals surface area contributed by atoms with Crippen molar-refractivity contribution >= 4 is 28.3 Å². The molecule has 0 amide bonds. The first-order chi connectivity index (χ1) is 9.70. The van der Waals surface area contributed by atoms with Gasteiger partial charge in [-0.2, -0.15) is 0 Å². The van der Waals surface area contributed by atoms with Gasteiger partial charge in [-0.1, -0.05) is 29.3 Å². The first-order valence-electron chi connectivity index (χ1n) is 6.65. The number of rotatable bonds is 4. The van der Waals surface area contributed by atoms with Crippen LogP contribution in [-0.4, -0.2) is 16.5 Å². The number of hydrogen-bond donors (Lipinski definition) is 2. The number of hydrogen-bond acceptors (Lipinski definition) is 2. The highest BCUT2D eigenvalue weighted by Gasteiger charge is 2.03. The molecular formula is C16H16ClN3. The summed E-state index contributed by atoms with van der Waals surface area (Å²) in [6.07, 6.45) is 0.847. The van der Waals surface area contributed by atoms with E-state index in [0.29, 0.717) is 0 Å². The summed E-state index contributed by atoms with van der Waals surface area (Å²) in [5.41, 5.74) is 4.35. The second kappa shape index (κ2) is 5.55. The lowest BCUT2D eigenvalue weighted by atomic mass is 10.2. The van der Waals surface area contributed by atoms with Crippen molar-refractivity contribution in [2.45, 2.75) is 13.3 Å². The number of imidazole rings is 1. The third kappa shape index (κ3) is 2.94. The number of anilines is 1. The van der Waals surface area contributed by atoms with Crippen molar-refractivity contribution in [3.8, 4) is 0 Å². The number of fused-ring (bicyclic) bond motifs is 1. The van der Waals surface area contributed by atoms with E-state index in [2.05, 4.69) is 46.5 Å². The van der Waals surface area contributed by atoms with Crippen LogP contribution in [0.5, 0.6) is 0 Å². The summed E-state index contributed by atoms with van der Waals surface area (Å²) in [7, 11) is 0. The number of aromatic nitrogens is 2. The topological polar surface area (TPSA) is 40.7 Å². The molecule has 1 heterocycles. The predicted octanol–water partition coefficient (Wildman–Crippen LogP) is 4.18. The van der Waals surface area contributed by atoms with E-state index in [4.69, 9.17) is 11.6 Å². The molecule has 0 unspecified atom stereocenters. The maximum Gasteiger partial charge on any atom is 0.108 e. The monoisotopic (exact) mass is 285 g/mol. The molecule has 0 bridgehead atoms. The fraction of sp³-hybridized carbons (Fsp3) is 0.188. The van der Waals surface area contributed by atoms with Gasteiger partial charge in [0.05, 0.1) is 11.0 Å². The molecular weight excluding hydrogens is 270 g/mol. The van der Waals surface area contributed by atoms with Crippen LogP contribution in [0.25, 0.3) is 11.0 Å². The fourth-order valence-electron chi connectivity index (χ4n) is 2.15. The van der Waals surface area contributed by atoms with E-state index in [1.54, 1.807) is 0 Å². The van der Waals surface area contributed by atoms with Gasteiger partial charge in [0.25, 0.3) is 0 Å². The first kappa shape index (κ1) is 13.0. The molecule has 0 saturated carbocycles. The molecule has 0 aliphatic carbocycles.